The molecular formula is C31H33ClN4O7. The fraction of sp³-hybridized carbons (Fsp3) is 0.258. The Morgan fingerprint density at radius 3 is 2.65 bits per heavy atom. The van der Waals surface area contributed by atoms with Crippen LogP contribution in [0.3, 0.4) is 0 Å². The molecule has 4 N–H and O–H groups in total. The fourth-order valence-electron chi connectivity index (χ4n) is 4.32. The van der Waals surface area contributed by atoms with Crippen molar-refractivity contribution in [2.75, 3.05) is 20.3 Å². The SMILES string of the molecule is CCOc1cc([C@@H]2NC(=O)NC(C)=C2C(=O)OC)ccc1OC[C@@H](O)N/N=C/c1ccccc1OCc1cccc(Cl)c1. The van der Waals surface area contributed by atoms with E-state index in [0.29, 0.717) is 52.3 Å². The Morgan fingerprint density at radius 2 is 1.88 bits per heavy atom. The average Bonchev–Trinajstić information content (AvgIpc) is 2.99. The number of halogens is 1. The Bertz CT molecular complexity index is 1510. The zero-order valence-electron chi connectivity index (χ0n) is 23.9. The number of urea groups is 1. The number of rotatable bonds is 13. The van der Waals surface area contributed by atoms with Gasteiger partial charge in [0.1, 0.15) is 19.0 Å². The number of hydrazone groups is 1. The third-order valence-electron chi connectivity index (χ3n) is 6.30. The Labute approximate surface area is 254 Å². The van der Waals surface area contributed by atoms with Gasteiger partial charge in [0.05, 0.1) is 31.5 Å². The van der Waals surface area contributed by atoms with Gasteiger partial charge in [0, 0.05) is 16.3 Å². The molecule has 0 spiro atoms. The molecule has 1 heterocycles. The number of carbonyl (C=O) groups is 2. The number of carbonyl (C=O) groups excluding carboxylic acids is 2. The van der Waals surface area contributed by atoms with E-state index in [-0.39, 0.29) is 12.2 Å². The number of para-hydroxylation sites is 1. The van der Waals surface area contributed by atoms with Gasteiger partial charge in [0.25, 0.3) is 0 Å². The predicted molar refractivity (Wildman–Crippen MR) is 161 cm³/mol. The van der Waals surface area contributed by atoms with Gasteiger partial charge in [0.2, 0.25) is 0 Å². The summed E-state index contributed by atoms with van der Waals surface area (Å²) in [4.78, 5) is 24.6. The molecule has 0 fully saturated rings. The van der Waals surface area contributed by atoms with Crippen molar-refractivity contribution in [2.45, 2.75) is 32.7 Å². The summed E-state index contributed by atoms with van der Waals surface area (Å²) < 4.78 is 22.4. The zero-order chi connectivity index (χ0) is 30.8. The molecule has 12 heteroatoms. The molecule has 0 radical (unpaired) electrons. The van der Waals surface area contributed by atoms with Crippen LogP contribution in [0, 0.1) is 0 Å². The van der Waals surface area contributed by atoms with E-state index in [1.54, 1.807) is 37.4 Å². The maximum Gasteiger partial charge on any atom is 0.337 e. The number of nitrogens with zero attached hydrogens (tertiary/aromatic N) is 1. The van der Waals surface area contributed by atoms with Gasteiger partial charge in [-0.05, 0) is 61.4 Å². The third-order valence-corrected chi connectivity index (χ3v) is 6.54. The van der Waals surface area contributed by atoms with Gasteiger partial charge in [0.15, 0.2) is 17.7 Å². The summed E-state index contributed by atoms with van der Waals surface area (Å²) >= 11 is 6.06. The largest absolute Gasteiger partial charge is 0.490 e. The predicted octanol–water partition coefficient (Wildman–Crippen LogP) is 4.44. The van der Waals surface area contributed by atoms with Crippen LogP contribution < -0.4 is 30.3 Å². The minimum atomic E-state index is -1.15. The summed E-state index contributed by atoms with van der Waals surface area (Å²) in [6, 6.07) is 18.6. The van der Waals surface area contributed by atoms with E-state index in [0.717, 1.165) is 5.56 Å². The second-order valence-corrected chi connectivity index (χ2v) is 9.81. The van der Waals surface area contributed by atoms with E-state index in [9.17, 15) is 14.7 Å². The lowest BCUT2D eigenvalue weighted by atomic mass is 9.95. The minimum Gasteiger partial charge on any atom is -0.490 e. The molecule has 1 aliphatic heterocycles. The topological polar surface area (TPSA) is 140 Å². The number of hydrogen-bond donors (Lipinski definition) is 4. The van der Waals surface area contributed by atoms with Crippen LogP contribution in [0.25, 0.3) is 0 Å². The first-order valence-corrected chi connectivity index (χ1v) is 13.9. The molecule has 2 atom stereocenters. The molecule has 43 heavy (non-hydrogen) atoms. The Balaban J connectivity index is 1.38. The molecule has 226 valence electrons. The number of allylic oxidation sites excluding steroid dienone is 1. The minimum absolute atomic E-state index is 0.153. The highest BCUT2D eigenvalue weighted by molar-refractivity contribution is 6.30. The van der Waals surface area contributed by atoms with Crippen molar-refractivity contribution in [2.24, 2.45) is 5.10 Å². The number of amides is 2. The Morgan fingerprint density at radius 1 is 1.07 bits per heavy atom. The molecule has 2 amide bonds. The normalized spacial score (nSPS) is 15.4. The van der Waals surface area contributed by atoms with E-state index in [2.05, 4.69) is 21.2 Å². The average molecular weight is 609 g/mol. The number of methoxy groups -OCH3 is 1. The Kier molecular flexibility index (Phi) is 10.8. The van der Waals surface area contributed by atoms with Gasteiger partial charge in [-0.1, -0.05) is 41.9 Å². The maximum atomic E-state index is 12.4. The number of aliphatic hydroxyl groups excluding tert-OH is 1. The maximum absolute atomic E-state index is 12.4. The highest BCUT2D eigenvalue weighted by atomic mass is 35.5. The molecule has 0 bridgehead atoms. The van der Waals surface area contributed by atoms with Crippen molar-refractivity contribution in [1.82, 2.24) is 16.1 Å². The lowest BCUT2D eigenvalue weighted by Gasteiger charge is -2.28. The molecule has 1 aliphatic rings. The van der Waals surface area contributed by atoms with E-state index in [1.807, 2.05) is 49.4 Å². The van der Waals surface area contributed by atoms with Gasteiger partial charge in [-0.3, -0.25) is 5.43 Å². The molecule has 0 aliphatic carbocycles. The van der Waals surface area contributed by atoms with E-state index in [1.165, 1.54) is 7.11 Å². The van der Waals surface area contributed by atoms with Crippen LogP contribution in [0.15, 0.2) is 83.1 Å². The fourth-order valence-corrected chi connectivity index (χ4v) is 4.53. The smallest absolute Gasteiger partial charge is 0.337 e. The molecule has 0 saturated heterocycles. The third kappa shape index (κ3) is 8.40. The molecule has 3 aromatic rings. The van der Waals surface area contributed by atoms with Crippen LogP contribution in [0.4, 0.5) is 4.79 Å². The van der Waals surface area contributed by atoms with Gasteiger partial charge in [-0.25, -0.2) is 9.59 Å². The number of hydrogen-bond acceptors (Lipinski definition) is 9. The van der Waals surface area contributed by atoms with Crippen molar-refractivity contribution in [3.05, 3.63) is 99.7 Å². The number of ether oxygens (including phenoxy) is 4. The van der Waals surface area contributed by atoms with Crippen LogP contribution >= 0.6 is 11.6 Å². The van der Waals surface area contributed by atoms with Crippen molar-refractivity contribution in [1.29, 1.82) is 0 Å². The van der Waals surface area contributed by atoms with E-state index < -0.39 is 24.3 Å². The number of nitrogens with one attached hydrogen (secondary N) is 3. The molecule has 3 aromatic carbocycles. The summed E-state index contributed by atoms with van der Waals surface area (Å²) in [5, 5.41) is 20.5. The second-order valence-electron chi connectivity index (χ2n) is 9.37. The first kappa shape index (κ1) is 31.2. The zero-order valence-corrected chi connectivity index (χ0v) is 24.7. The van der Waals surface area contributed by atoms with Crippen molar-refractivity contribution >= 4 is 29.8 Å². The van der Waals surface area contributed by atoms with Crippen LogP contribution in [0.2, 0.25) is 5.02 Å². The van der Waals surface area contributed by atoms with Crippen molar-refractivity contribution < 1.29 is 33.6 Å². The van der Waals surface area contributed by atoms with Crippen molar-refractivity contribution in [3.8, 4) is 17.2 Å². The highest BCUT2D eigenvalue weighted by Gasteiger charge is 2.32. The van der Waals surface area contributed by atoms with Crippen molar-refractivity contribution in [3.63, 3.8) is 0 Å². The lowest BCUT2D eigenvalue weighted by molar-refractivity contribution is -0.136. The summed E-state index contributed by atoms with van der Waals surface area (Å²) in [7, 11) is 1.28. The standard InChI is InChI=1S/C31H33ClN4O7/c1-4-41-26-15-21(29-28(30(38)40-3)19(2)34-31(39)35-29)12-13-25(26)43-18-27(37)36-33-16-22-9-5-6-11-24(22)42-17-20-8-7-10-23(32)14-20/h5-16,27,29,36-37H,4,17-18H2,1-3H3,(H2,34,35,39)/b33-16+/t27-,29+/m1/s1. The van der Waals surface area contributed by atoms with Gasteiger partial charge >= 0.3 is 12.0 Å². The molecule has 0 aromatic heterocycles. The summed E-state index contributed by atoms with van der Waals surface area (Å²) in [6.45, 7) is 3.96. The number of aliphatic hydroxyl groups is 1. The van der Waals surface area contributed by atoms with E-state index in [4.69, 9.17) is 30.5 Å². The van der Waals surface area contributed by atoms with Crippen LogP contribution in [0.1, 0.15) is 36.6 Å². The van der Waals surface area contributed by atoms with Crippen LogP contribution in [0.5, 0.6) is 17.2 Å². The monoisotopic (exact) mass is 608 g/mol. The second kappa shape index (κ2) is 14.9. The summed E-state index contributed by atoms with van der Waals surface area (Å²) in [5.41, 5.74) is 5.52. The lowest BCUT2D eigenvalue weighted by Crippen LogP contribution is -2.45. The number of benzene rings is 3. The van der Waals surface area contributed by atoms with Gasteiger partial charge < -0.3 is 34.7 Å². The molecule has 0 saturated carbocycles. The molecule has 0 unspecified atom stereocenters. The highest BCUT2D eigenvalue weighted by Crippen LogP contribution is 2.35. The quantitative estimate of drug-likeness (QED) is 0.0967. The number of esters is 1. The summed E-state index contributed by atoms with van der Waals surface area (Å²) in [5.74, 6) is 0.774. The van der Waals surface area contributed by atoms with Gasteiger partial charge in [-0.2, -0.15) is 5.10 Å². The van der Waals surface area contributed by atoms with Crippen LogP contribution in [-0.4, -0.2) is 49.9 Å². The summed E-state index contributed by atoms with van der Waals surface area (Å²) in [6.07, 6.45) is 0.392. The first-order chi connectivity index (χ1) is 20.8. The molecular weight excluding hydrogens is 576 g/mol. The Hall–Kier alpha value is -4.74. The molecule has 11 nitrogen and oxygen atoms in total. The van der Waals surface area contributed by atoms with Crippen LogP contribution in [-0.2, 0) is 16.1 Å². The molecule has 4 rings (SSSR count). The first-order valence-electron chi connectivity index (χ1n) is 13.5. The van der Waals surface area contributed by atoms with E-state index >= 15 is 0 Å². The van der Waals surface area contributed by atoms with Gasteiger partial charge in [-0.15, -0.1) is 0 Å².